The van der Waals surface area contributed by atoms with E-state index in [4.69, 9.17) is 11.6 Å². The number of rotatable bonds is 4. The Hall–Kier alpha value is -2.13. The molecule has 4 heteroatoms. The molecule has 0 radical (unpaired) electrons. The molecule has 1 aromatic carbocycles. The van der Waals surface area contributed by atoms with Crippen molar-refractivity contribution in [2.24, 2.45) is 0 Å². The van der Waals surface area contributed by atoms with Crippen LogP contribution in [0.15, 0.2) is 54.9 Å². The van der Waals surface area contributed by atoms with Crippen molar-refractivity contribution in [3.8, 4) is 0 Å². The molecular weight excluding hydrogens is 272 g/mol. The van der Waals surface area contributed by atoms with Gasteiger partial charge in [-0.15, -0.1) is 0 Å². The van der Waals surface area contributed by atoms with Crippen molar-refractivity contribution in [1.82, 2.24) is 10.3 Å². The second kappa shape index (κ2) is 6.87. The van der Waals surface area contributed by atoms with E-state index in [1.165, 1.54) is 6.08 Å². The highest BCUT2D eigenvalue weighted by atomic mass is 35.5. The lowest BCUT2D eigenvalue weighted by molar-refractivity contribution is -0.117. The van der Waals surface area contributed by atoms with E-state index in [9.17, 15) is 4.79 Å². The summed E-state index contributed by atoms with van der Waals surface area (Å²) in [5, 5.41) is 3.55. The van der Waals surface area contributed by atoms with Gasteiger partial charge in [-0.1, -0.05) is 29.8 Å². The summed E-state index contributed by atoms with van der Waals surface area (Å²) in [7, 11) is 0. The van der Waals surface area contributed by atoms with Crippen LogP contribution >= 0.6 is 11.6 Å². The summed E-state index contributed by atoms with van der Waals surface area (Å²) in [6, 6.07) is 11.1. The second-order valence-corrected chi connectivity index (χ2v) is 4.84. The standard InChI is InChI=1S/C16H15ClN2O/c1-12(14-5-2-6-15(17)10-14)19-16(20)8-7-13-4-3-9-18-11-13/h2-12H,1H3,(H,19,20)/b8-7+. The number of hydrogen-bond donors (Lipinski definition) is 1. The number of carbonyl (C=O) groups excluding carboxylic acids is 1. The van der Waals surface area contributed by atoms with Crippen molar-refractivity contribution in [2.75, 3.05) is 0 Å². The van der Waals surface area contributed by atoms with Gasteiger partial charge in [0.1, 0.15) is 0 Å². The molecule has 0 saturated heterocycles. The molecular formula is C16H15ClN2O. The maximum Gasteiger partial charge on any atom is 0.244 e. The van der Waals surface area contributed by atoms with Crippen LogP contribution in [0.3, 0.4) is 0 Å². The second-order valence-electron chi connectivity index (χ2n) is 4.40. The summed E-state index contributed by atoms with van der Waals surface area (Å²) in [6.07, 6.45) is 6.62. The number of hydrogen-bond acceptors (Lipinski definition) is 2. The minimum absolute atomic E-state index is 0.0975. The van der Waals surface area contributed by atoms with Gasteiger partial charge in [0.2, 0.25) is 5.91 Å². The molecule has 102 valence electrons. The average molecular weight is 287 g/mol. The Morgan fingerprint density at radius 2 is 2.20 bits per heavy atom. The lowest BCUT2D eigenvalue weighted by Crippen LogP contribution is -2.24. The largest absolute Gasteiger partial charge is 0.346 e. The van der Waals surface area contributed by atoms with Crippen LogP contribution in [0.1, 0.15) is 24.1 Å². The highest BCUT2D eigenvalue weighted by molar-refractivity contribution is 6.30. The third kappa shape index (κ3) is 4.21. The molecule has 1 N–H and O–H groups in total. The summed E-state index contributed by atoms with van der Waals surface area (Å²) in [6.45, 7) is 1.92. The molecule has 1 aromatic heterocycles. The minimum atomic E-state index is -0.152. The average Bonchev–Trinajstić information content (AvgIpc) is 2.46. The van der Waals surface area contributed by atoms with E-state index in [0.717, 1.165) is 11.1 Å². The molecule has 3 nitrogen and oxygen atoms in total. The zero-order chi connectivity index (χ0) is 14.4. The first kappa shape index (κ1) is 14.3. The predicted octanol–water partition coefficient (Wildman–Crippen LogP) is 3.63. The van der Waals surface area contributed by atoms with Gasteiger partial charge in [0, 0.05) is 23.5 Å². The predicted molar refractivity (Wildman–Crippen MR) is 81.3 cm³/mol. The van der Waals surface area contributed by atoms with Gasteiger partial charge in [0.15, 0.2) is 0 Å². The van der Waals surface area contributed by atoms with E-state index < -0.39 is 0 Å². The number of amides is 1. The van der Waals surface area contributed by atoms with Crippen LogP contribution in [0.4, 0.5) is 0 Å². The normalized spacial score (nSPS) is 12.3. The summed E-state index contributed by atoms with van der Waals surface area (Å²) in [5.74, 6) is -0.152. The number of aromatic nitrogens is 1. The van der Waals surface area contributed by atoms with Crippen LogP contribution in [0, 0.1) is 0 Å². The quantitative estimate of drug-likeness (QED) is 0.872. The molecule has 0 fully saturated rings. The summed E-state index contributed by atoms with van der Waals surface area (Å²) < 4.78 is 0. The summed E-state index contributed by atoms with van der Waals surface area (Å²) in [4.78, 5) is 15.8. The van der Waals surface area contributed by atoms with Gasteiger partial charge in [-0.05, 0) is 42.3 Å². The fraction of sp³-hybridized carbons (Fsp3) is 0.125. The van der Waals surface area contributed by atoms with Crippen molar-refractivity contribution in [1.29, 1.82) is 0 Å². The van der Waals surface area contributed by atoms with Crippen LogP contribution in [-0.2, 0) is 4.79 Å². The molecule has 0 bridgehead atoms. The smallest absolute Gasteiger partial charge is 0.244 e. The van der Waals surface area contributed by atoms with Crippen LogP contribution in [0.2, 0.25) is 5.02 Å². The Bertz CT molecular complexity index is 611. The monoisotopic (exact) mass is 286 g/mol. The van der Waals surface area contributed by atoms with E-state index in [2.05, 4.69) is 10.3 Å². The van der Waals surface area contributed by atoms with Gasteiger partial charge in [0.05, 0.1) is 6.04 Å². The van der Waals surface area contributed by atoms with E-state index in [-0.39, 0.29) is 11.9 Å². The van der Waals surface area contributed by atoms with Crippen LogP contribution in [0.25, 0.3) is 6.08 Å². The summed E-state index contributed by atoms with van der Waals surface area (Å²) in [5.41, 5.74) is 1.86. The molecule has 0 aliphatic heterocycles. The number of benzene rings is 1. The van der Waals surface area contributed by atoms with Crippen LogP contribution < -0.4 is 5.32 Å². The molecule has 2 aromatic rings. The molecule has 1 atom stereocenters. The Balaban J connectivity index is 1.96. The van der Waals surface area contributed by atoms with Gasteiger partial charge in [0.25, 0.3) is 0 Å². The van der Waals surface area contributed by atoms with Gasteiger partial charge in [-0.3, -0.25) is 9.78 Å². The molecule has 20 heavy (non-hydrogen) atoms. The number of nitrogens with zero attached hydrogens (tertiary/aromatic N) is 1. The Kier molecular flexibility index (Phi) is 4.91. The first-order valence-electron chi connectivity index (χ1n) is 6.29. The molecule has 0 saturated carbocycles. The third-order valence-corrected chi connectivity index (χ3v) is 3.05. The molecule has 0 spiro atoms. The van der Waals surface area contributed by atoms with Gasteiger partial charge >= 0.3 is 0 Å². The Morgan fingerprint density at radius 3 is 2.90 bits per heavy atom. The van der Waals surface area contributed by atoms with Gasteiger partial charge in [-0.2, -0.15) is 0 Å². The first-order valence-corrected chi connectivity index (χ1v) is 6.67. The highest BCUT2D eigenvalue weighted by Gasteiger charge is 2.07. The Morgan fingerprint density at radius 1 is 1.35 bits per heavy atom. The third-order valence-electron chi connectivity index (χ3n) is 2.82. The number of carbonyl (C=O) groups is 1. The molecule has 0 aliphatic rings. The number of halogens is 1. The fourth-order valence-corrected chi connectivity index (χ4v) is 1.97. The van der Waals surface area contributed by atoms with Crippen molar-refractivity contribution < 1.29 is 4.79 Å². The molecule has 1 unspecified atom stereocenters. The van der Waals surface area contributed by atoms with Crippen molar-refractivity contribution >= 4 is 23.6 Å². The molecule has 2 rings (SSSR count). The first-order chi connectivity index (χ1) is 9.65. The fourth-order valence-electron chi connectivity index (χ4n) is 1.77. The van der Waals surface area contributed by atoms with Crippen LogP contribution in [-0.4, -0.2) is 10.9 Å². The van der Waals surface area contributed by atoms with E-state index in [1.807, 2.05) is 43.3 Å². The topological polar surface area (TPSA) is 42.0 Å². The van der Waals surface area contributed by atoms with Crippen molar-refractivity contribution in [3.63, 3.8) is 0 Å². The van der Waals surface area contributed by atoms with E-state index in [1.54, 1.807) is 18.5 Å². The maximum atomic E-state index is 11.8. The lowest BCUT2D eigenvalue weighted by atomic mass is 10.1. The minimum Gasteiger partial charge on any atom is -0.346 e. The van der Waals surface area contributed by atoms with Gasteiger partial charge in [-0.25, -0.2) is 0 Å². The SMILES string of the molecule is CC(NC(=O)/C=C/c1cccnc1)c1cccc(Cl)c1. The maximum absolute atomic E-state index is 11.8. The van der Waals surface area contributed by atoms with Crippen molar-refractivity contribution in [2.45, 2.75) is 13.0 Å². The highest BCUT2D eigenvalue weighted by Crippen LogP contribution is 2.17. The zero-order valence-corrected chi connectivity index (χ0v) is 11.8. The molecule has 1 heterocycles. The zero-order valence-electron chi connectivity index (χ0n) is 11.1. The van der Waals surface area contributed by atoms with E-state index >= 15 is 0 Å². The van der Waals surface area contributed by atoms with E-state index in [0.29, 0.717) is 5.02 Å². The van der Waals surface area contributed by atoms with Crippen LogP contribution in [0.5, 0.6) is 0 Å². The molecule has 0 aliphatic carbocycles. The number of pyridine rings is 1. The van der Waals surface area contributed by atoms with Crippen molar-refractivity contribution in [3.05, 3.63) is 71.0 Å². The number of nitrogens with one attached hydrogen (secondary N) is 1. The Labute approximate surface area is 123 Å². The summed E-state index contributed by atoms with van der Waals surface area (Å²) >= 11 is 5.93. The lowest BCUT2D eigenvalue weighted by Gasteiger charge is -2.13. The van der Waals surface area contributed by atoms with Gasteiger partial charge < -0.3 is 5.32 Å². The molecule has 1 amide bonds.